The number of carbonyl (C=O) groups excluding carboxylic acids is 1. The first kappa shape index (κ1) is 17.5. The van der Waals surface area contributed by atoms with E-state index < -0.39 is 5.54 Å². The molecule has 0 radical (unpaired) electrons. The van der Waals surface area contributed by atoms with Gasteiger partial charge in [0, 0.05) is 0 Å². The summed E-state index contributed by atoms with van der Waals surface area (Å²) in [5.74, 6) is 0. The van der Waals surface area contributed by atoms with Crippen LogP contribution in [0, 0.1) is 0 Å². The SMILES string of the molecule is C=C(C)c1cccc(C(C)(C)NC(=O)N2C(C)COCC2C)c1. The van der Waals surface area contributed by atoms with Crippen molar-refractivity contribution < 1.29 is 9.53 Å². The zero-order valence-electron chi connectivity index (χ0n) is 14.8. The van der Waals surface area contributed by atoms with Crippen molar-refractivity contribution in [1.29, 1.82) is 0 Å². The van der Waals surface area contributed by atoms with E-state index in [4.69, 9.17) is 4.74 Å². The number of nitrogens with one attached hydrogen (secondary N) is 1. The van der Waals surface area contributed by atoms with Gasteiger partial charge < -0.3 is 15.0 Å². The van der Waals surface area contributed by atoms with Gasteiger partial charge in [0.1, 0.15) is 0 Å². The summed E-state index contributed by atoms with van der Waals surface area (Å²) in [5.41, 5.74) is 2.72. The molecule has 23 heavy (non-hydrogen) atoms. The van der Waals surface area contributed by atoms with Crippen molar-refractivity contribution in [1.82, 2.24) is 10.2 Å². The molecule has 1 aromatic rings. The Morgan fingerprint density at radius 2 is 1.91 bits per heavy atom. The molecule has 1 saturated heterocycles. The molecule has 1 aromatic carbocycles. The van der Waals surface area contributed by atoms with E-state index in [9.17, 15) is 4.79 Å². The second-order valence-electron chi connectivity index (χ2n) is 7.06. The molecule has 1 aliphatic heterocycles. The van der Waals surface area contributed by atoms with Crippen molar-refractivity contribution in [2.45, 2.75) is 52.2 Å². The van der Waals surface area contributed by atoms with E-state index in [1.54, 1.807) is 0 Å². The minimum atomic E-state index is -0.458. The lowest BCUT2D eigenvalue weighted by atomic mass is 9.91. The van der Waals surface area contributed by atoms with Crippen LogP contribution in [0.15, 0.2) is 30.8 Å². The Kier molecular flexibility index (Phi) is 5.15. The Morgan fingerprint density at radius 1 is 1.30 bits per heavy atom. The third-order valence-corrected chi connectivity index (χ3v) is 4.40. The summed E-state index contributed by atoms with van der Waals surface area (Å²) in [6.07, 6.45) is 0. The molecule has 1 fully saturated rings. The molecule has 1 aliphatic rings. The van der Waals surface area contributed by atoms with Crippen molar-refractivity contribution in [3.05, 3.63) is 42.0 Å². The molecule has 126 valence electrons. The summed E-state index contributed by atoms with van der Waals surface area (Å²) < 4.78 is 5.50. The lowest BCUT2D eigenvalue weighted by Gasteiger charge is -2.41. The number of nitrogens with zero attached hydrogens (tertiary/aromatic N) is 1. The van der Waals surface area contributed by atoms with Crippen LogP contribution >= 0.6 is 0 Å². The van der Waals surface area contributed by atoms with E-state index in [-0.39, 0.29) is 18.1 Å². The highest BCUT2D eigenvalue weighted by molar-refractivity contribution is 5.76. The number of hydrogen-bond donors (Lipinski definition) is 1. The van der Waals surface area contributed by atoms with Gasteiger partial charge in [0.05, 0.1) is 30.8 Å². The second kappa shape index (κ2) is 6.75. The predicted octanol–water partition coefficient (Wildman–Crippen LogP) is 3.77. The summed E-state index contributed by atoms with van der Waals surface area (Å²) in [4.78, 5) is 14.7. The maximum absolute atomic E-state index is 12.8. The average molecular weight is 316 g/mol. The molecular weight excluding hydrogens is 288 g/mol. The van der Waals surface area contributed by atoms with Gasteiger partial charge in [0.15, 0.2) is 0 Å². The van der Waals surface area contributed by atoms with Crippen molar-refractivity contribution in [3.8, 4) is 0 Å². The van der Waals surface area contributed by atoms with Crippen LogP contribution in [0.2, 0.25) is 0 Å². The van der Waals surface area contributed by atoms with Gasteiger partial charge in [-0.05, 0) is 51.8 Å². The standard InChI is InChI=1S/C19H28N2O2/c1-13(2)16-8-7-9-17(10-16)19(5,6)20-18(22)21-14(3)11-23-12-15(21)4/h7-10,14-15H,1,11-12H2,2-6H3,(H,20,22). The molecule has 0 saturated carbocycles. The quantitative estimate of drug-likeness (QED) is 0.922. The summed E-state index contributed by atoms with van der Waals surface area (Å²) in [6, 6.07) is 8.29. The number of benzene rings is 1. The van der Waals surface area contributed by atoms with E-state index in [1.807, 2.05) is 57.7 Å². The number of rotatable bonds is 3. The first-order chi connectivity index (χ1) is 10.7. The predicted molar refractivity (Wildman–Crippen MR) is 94.3 cm³/mol. The Hall–Kier alpha value is -1.81. The summed E-state index contributed by atoms with van der Waals surface area (Å²) in [5, 5.41) is 3.17. The Morgan fingerprint density at radius 3 is 2.48 bits per heavy atom. The molecule has 4 nitrogen and oxygen atoms in total. The lowest BCUT2D eigenvalue weighted by molar-refractivity contribution is -0.0155. The monoisotopic (exact) mass is 316 g/mol. The van der Waals surface area contributed by atoms with Crippen LogP contribution in [0.25, 0.3) is 5.57 Å². The fourth-order valence-corrected chi connectivity index (χ4v) is 2.98. The van der Waals surface area contributed by atoms with Crippen LogP contribution in [-0.2, 0) is 10.3 Å². The first-order valence-electron chi connectivity index (χ1n) is 8.17. The molecule has 4 heteroatoms. The molecule has 0 aliphatic carbocycles. The smallest absolute Gasteiger partial charge is 0.318 e. The molecular formula is C19H28N2O2. The number of ether oxygens (including phenoxy) is 1. The Balaban J connectivity index is 2.18. The molecule has 1 heterocycles. The van der Waals surface area contributed by atoms with Gasteiger partial charge in [0.25, 0.3) is 0 Å². The van der Waals surface area contributed by atoms with Crippen LogP contribution < -0.4 is 5.32 Å². The third-order valence-electron chi connectivity index (χ3n) is 4.40. The minimum Gasteiger partial charge on any atom is -0.377 e. The number of allylic oxidation sites excluding steroid dienone is 1. The molecule has 0 spiro atoms. The molecule has 1 N–H and O–H groups in total. The largest absolute Gasteiger partial charge is 0.377 e. The Bertz CT molecular complexity index is 585. The summed E-state index contributed by atoms with van der Waals surface area (Å²) >= 11 is 0. The van der Waals surface area contributed by atoms with E-state index in [1.165, 1.54) is 0 Å². The molecule has 2 rings (SSSR count). The lowest BCUT2D eigenvalue weighted by Crippen LogP contribution is -2.58. The highest BCUT2D eigenvalue weighted by atomic mass is 16.5. The summed E-state index contributed by atoms with van der Waals surface area (Å²) in [7, 11) is 0. The maximum atomic E-state index is 12.8. The summed E-state index contributed by atoms with van der Waals surface area (Å²) in [6.45, 7) is 15.2. The normalized spacial score (nSPS) is 21.9. The van der Waals surface area contributed by atoms with Crippen LogP contribution in [0.1, 0.15) is 45.7 Å². The van der Waals surface area contributed by atoms with Gasteiger partial charge in [-0.25, -0.2) is 4.79 Å². The zero-order chi connectivity index (χ0) is 17.2. The molecule has 0 bridgehead atoms. The fraction of sp³-hybridized carbons (Fsp3) is 0.526. The van der Waals surface area contributed by atoms with Gasteiger partial charge in [0.2, 0.25) is 0 Å². The van der Waals surface area contributed by atoms with Crippen molar-refractivity contribution in [3.63, 3.8) is 0 Å². The van der Waals surface area contributed by atoms with Gasteiger partial charge in [-0.1, -0.05) is 30.4 Å². The minimum absolute atomic E-state index is 0.0426. The van der Waals surface area contributed by atoms with Gasteiger partial charge >= 0.3 is 6.03 Å². The van der Waals surface area contributed by atoms with E-state index in [0.717, 1.165) is 16.7 Å². The van der Waals surface area contributed by atoms with Crippen molar-refractivity contribution in [2.24, 2.45) is 0 Å². The first-order valence-corrected chi connectivity index (χ1v) is 8.17. The van der Waals surface area contributed by atoms with Crippen LogP contribution in [0.3, 0.4) is 0 Å². The highest BCUT2D eigenvalue weighted by Gasteiger charge is 2.33. The average Bonchev–Trinajstić information content (AvgIpc) is 2.46. The number of morpholine rings is 1. The topological polar surface area (TPSA) is 41.6 Å². The van der Waals surface area contributed by atoms with Gasteiger partial charge in [-0.15, -0.1) is 0 Å². The molecule has 0 aromatic heterocycles. The van der Waals surface area contributed by atoms with Gasteiger partial charge in [-0.2, -0.15) is 0 Å². The number of carbonyl (C=O) groups is 1. The van der Waals surface area contributed by atoms with Gasteiger partial charge in [-0.3, -0.25) is 0 Å². The van der Waals surface area contributed by atoms with Crippen LogP contribution in [0.4, 0.5) is 4.79 Å². The zero-order valence-corrected chi connectivity index (χ0v) is 14.8. The van der Waals surface area contributed by atoms with Crippen molar-refractivity contribution >= 4 is 11.6 Å². The molecule has 2 unspecified atom stereocenters. The fourth-order valence-electron chi connectivity index (χ4n) is 2.98. The second-order valence-corrected chi connectivity index (χ2v) is 7.06. The number of amides is 2. The third kappa shape index (κ3) is 3.94. The highest BCUT2D eigenvalue weighted by Crippen LogP contribution is 2.24. The van der Waals surface area contributed by atoms with E-state index in [0.29, 0.717) is 13.2 Å². The van der Waals surface area contributed by atoms with E-state index in [2.05, 4.69) is 18.0 Å². The maximum Gasteiger partial charge on any atom is 0.318 e. The van der Waals surface area contributed by atoms with E-state index >= 15 is 0 Å². The van der Waals surface area contributed by atoms with Crippen LogP contribution in [-0.4, -0.2) is 36.2 Å². The Labute approximate surface area is 139 Å². The van der Waals surface area contributed by atoms with Crippen molar-refractivity contribution in [2.75, 3.05) is 13.2 Å². The van der Waals surface area contributed by atoms with Crippen LogP contribution in [0.5, 0.6) is 0 Å². The molecule has 2 atom stereocenters. The number of urea groups is 1. The molecule has 2 amide bonds. The number of hydrogen-bond acceptors (Lipinski definition) is 2.